The molecule has 1 aromatic carbocycles. The van der Waals surface area contributed by atoms with E-state index in [-0.39, 0.29) is 41.2 Å². The summed E-state index contributed by atoms with van der Waals surface area (Å²) in [6.07, 6.45) is 0.916. The minimum atomic E-state index is -0.656. The number of carbonyl (C=O) groups is 3. The van der Waals surface area contributed by atoms with Crippen LogP contribution in [0.2, 0.25) is 0 Å². The van der Waals surface area contributed by atoms with Gasteiger partial charge in [0.25, 0.3) is 0 Å². The highest BCUT2D eigenvalue weighted by atomic mass is 16.6. The van der Waals surface area contributed by atoms with Crippen LogP contribution >= 0.6 is 0 Å². The number of ether oxygens (including phenoxy) is 2. The number of amides is 1. The van der Waals surface area contributed by atoms with Crippen molar-refractivity contribution in [1.29, 1.82) is 0 Å². The van der Waals surface area contributed by atoms with Gasteiger partial charge in [0, 0.05) is 30.3 Å². The standard InChI is InChI=1S/C18H21NO6/c1-18(2,3)25-17(23)19-8-7-14(20)13(10-19)12-6-5-11(9-15(12)21)16(22)24-4/h5-6,9-10,21H,7-8H2,1-4H3. The van der Waals surface area contributed by atoms with Crippen molar-refractivity contribution >= 4 is 23.4 Å². The number of hydrogen-bond acceptors (Lipinski definition) is 6. The number of benzene rings is 1. The Morgan fingerprint density at radius 3 is 2.48 bits per heavy atom. The van der Waals surface area contributed by atoms with Gasteiger partial charge in [-0.3, -0.25) is 9.69 Å². The van der Waals surface area contributed by atoms with Crippen molar-refractivity contribution < 1.29 is 29.0 Å². The molecule has 1 aliphatic rings. The fourth-order valence-electron chi connectivity index (χ4n) is 2.34. The van der Waals surface area contributed by atoms with Gasteiger partial charge < -0.3 is 14.6 Å². The number of allylic oxidation sites excluding steroid dienone is 1. The number of rotatable bonds is 2. The fraction of sp³-hybridized carbons (Fsp3) is 0.389. The molecule has 0 radical (unpaired) electrons. The largest absolute Gasteiger partial charge is 0.507 e. The summed E-state index contributed by atoms with van der Waals surface area (Å²) >= 11 is 0. The summed E-state index contributed by atoms with van der Waals surface area (Å²) in [6, 6.07) is 4.12. The SMILES string of the molecule is COC(=O)c1ccc(C2=CN(C(=O)OC(C)(C)C)CCC2=O)c(O)c1. The van der Waals surface area contributed by atoms with E-state index in [1.165, 1.54) is 36.4 Å². The van der Waals surface area contributed by atoms with Gasteiger partial charge in [0.1, 0.15) is 11.4 Å². The van der Waals surface area contributed by atoms with Gasteiger partial charge in [-0.25, -0.2) is 9.59 Å². The highest BCUT2D eigenvalue weighted by Crippen LogP contribution is 2.30. The van der Waals surface area contributed by atoms with Gasteiger partial charge in [-0.05, 0) is 39.0 Å². The van der Waals surface area contributed by atoms with E-state index in [0.29, 0.717) is 0 Å². The molecule has 0 fully saturated rings. The quantitative estimate of drug-likeness (QED) is 0.827. The lowest BCUT2D eigenvalue weighted by atomic mass is 9.96. The molecule has 7 heteroatoms. The first-order valence-corrected chi connectivity index (χ1v) is 7.78. The number of hydrogen-bond donors (Lipinski definition) is 1. The van der Waals surface area contributed by atoms with Crippen LogP contribution in [0.4, 0.5) is 4.79 Å². The topological polar surface area (TPSA) is 93.1 Å². The lowest BCUT2D eigenvalue weighted by molar-refractivity contribution is -0.114. The predicted molar refractivity (Wildman–Crippen MR) is 90.0 cm³/mol. The van der Waals surface area contributed by atoms with E-state index in [1.807, 2.05) is 0 Å². The van der Waals surface area contributed by atoms with E-state index in [1.54, 1.807) is 20.8 Å². The molecular weight excluding hydrogens is 326 g/mol. The third kappa shape index (κ3) is 4.37. The number of Topliss-reactive ketones (excluding diaryl/α,β-unsaturated/α-hetero) is 1. The van der Waals surface area contributed by atoms with Crippen LogP contribution < -0.4 is 0 Å². The highest BCUT2D eigenvalue weighted by Gasteiger charge is 2.28. The predicted octanol–water partition coefficient (Wildman–Crippen LogP) is 2.73. The summed E-state index contributed by atoms with van der Waals surface area (Å²) in [6.45, 7) is 5.46. The summed E-state index contributed by atoms with van der Waals surface area (Å²) in [4.78, 5) is 37.2. The Kier molecular flexibility index (Phi) is 5.15. The van der Waals surface area contributed by atoms with Crippen LogP contribution in [0.15, 0.2) is 24.4 Å². The molecule has 0 atom stereocenters. The Morgan fingerprint density at radius 2 is 1.92 bits per heavy atom. The molecule has 1 N–H and O–H groups in total. The van der Waals surface area contributed by atoms with Crippen LogP contribution in [0.1, 0.15) is 43.1 Å². The number of phenolic OH excluding ortho intramolecular Hbond substituents is 1. The Hall–Kier alpha value is -2.83. The number of ketones is 1. The average Bonchev–Trinajstić information content (AvgIpc) is 2.53. The second-order valence-corrected chi connectivity index (χ2v) is 6.61. The van der Waals surface area contributed by atoms with Gasteiger partial charge in [-0.1, -0.05) is 0 Å². The fourth-order valence-corrected chi connectivity index (χ4v) is 2.34. The molecule has 25 heavy (non-hydrogen) atoms. The molecule has 0 saturated heterocycles. The van der Waals surface area contributed by atoms with Crippen LogP contribution in [-0.4, -0.2) is 47.1 Å². The third-order valence-electron chi connectivity index (χ3n) is 3.50. The number of phenols is 1. The Morgan fingerprint density at radius 1 is 1.24 bits per heavy atom. The number of aromatic hydroxyl groups is 1. The Bertz CT molecular complexity index is 744. The Balaban J connectivity index is 2.34. The van der Waals surface area contributed by atoms with Gasteiger partial charge in [-0.2, -0.15) is 0 Å². The minimum Gasteiger partial charge on any atom is -0.507 e. The molecule has 134 valence electrons. The van der Waals surface area contributed by atoms with E-state index in [4.69, 9.17) is 4.74 Å². The van der Waals surface area contributed by atoms with Crippen molar-refractivity contribution in [2.75, 3.05) is 13.7 Å². The average molecular weight is 347 g/mol. The highest BCUT2D eigenvalue weighted by molar-refractivity contribution is 6.22. The molecule has 1 aliphatic heterocycles. The van der Waals surface area contributed by atoms with E-state index in [0.717, 1.165) is 0 Å². The summed E-state index contributed by atoms with van der Waals surface area (Å²) in [5.41, 5.74) is -0.0647. The smallest absolute Gasteiger partial charge is 0.414 e. The Labute approximate surface area is 145 Å². The first-order chi connectivity index (χ1) is 11.6. The van der Waals surface area contributed by atoms with Crippen LogP contribution in [-0.2, 0) is 14.3 Å². The normalized spacial score (nSPS) is 14.8. The zero-order chi connectivity index (χ0) is 18.8. The number of esters is 1. The molecule has 2 rings (SSSR count). The van der Waals surface area contributed by atoms with Crippen LogP contribution in [0.25, 0.3) is 5.57 Å². The van der Waals surface area contributed by atoms with Crippen LogP contribution in [0, 0.1) is 0 Å². The van der Waals surface area contributed by atoms with E-state index >= 15 is 0 Å². The van der Waals surface area contributed by atoms with Crippen molar-refractivity contribution in [1.82, 2.24) is 4.90 Å². The van der Waals surface area contributed by atoms with Crippen molar-refractivity contribution in [2.24, 2.45) is 0 Å². The lowest BCUT2D eigenvalue weighted by Gasteiger charge is -2.28. The molecule has 0 saturated carbocycles. The van der Waals surface area contributed by atoms with Crippen molar-refractivity contribution in [3.8, 4) is 5.75 Å². The number of carbonyl (C=O) groups excluding carboxylic acids is 3. The maximum absolute atomic E-state index is 12.2. The molecule has 0 spiro atoms. The first-order valence-electron chi connectivity index (χ1n) is 7.78. The zero-order valence-corrected chi connectivity index (χ0v) is 14.7. The minimum absolute atomic E-state index is 0.114. The maximum Gasteiger partial charge on any atom is 0.414 e. The van der Waals surface area contributed by atoms with Gasteiger partial charge in [0.2, 0.25) is 0 Å². The third-order valence-corrected chi connectivity index (χ3v) is 3.50. The summed E-state index contributed by atoms with van der Waals surface area (Å²) < 4.78 is 9.89. The molecule has 0 aromatic heterocycles. The van der Waals surface area contributed by atoms with E-state index < -0.39 is 17.7 Å². The number of nitrogens with zero attached hydrogens (tertiary/aromatic N) is 1. The van der Waals surface area contributed by atoms with E-state index in [2.05, 4.69) is 4.74 Å². The van der Waals surface area contributed by atoms with Crippen molar-refractivity contribution in [3.05, 3.63) is 35.5 Å². The summed E-state index contributed by atoms with van der Waals surface area (Å²) in [7, 11) is 1.24. The first kappa shape index (κ1) is 18.5. The zero-order valence-electron chi connectivity index (χ0n) is 14.7. The van der Waals surface area contributed by atoms with Gasteiger partial charge in [-0.15, -0.1) is 0 Å². The maximum atomic E-state index is 12.2. The van der Waals surface area contributed by atoms with Crippen LogP contribution in [0.3, 0.4) is 0 Å². The summed E-state index contributed by atoms with van der Waals surface area (Å²) in [5.74, 6) is -1.05. The van der Waals surface area contributed by atoms with Crippen molar-refractivity contribution in [3.63, 3.8) is 0 Å². The van der Waals surface area contributed by atoms with Crippen molar-refractivity contribution in [2.45, 2.75) is 32.8 Å². The molecule has 0 bridgehead atoms. The number of methoxy groups -OCH3 is 1. The van der Waals surface area contributed by atoms with Crippen LogP contribution in [0.5, 0.6) is 5.75 Å². The second-order valence-electron chi connectivity index (χ2n) is 6.61. The van der Waals surface area contributed by atoms with Gasteiger partial charge >= 0.3 is 12.1 Å². The second kappa shape index (κ2) is 6.96. The molecule has 1 amide bonds. The monoisotopic (exact) mass is 347 g/mol. The molecule has 0 unspecified atom stereocenters. The lowest BCUT2D eigenvalue weighted by Crippen LogP contribution is -2.37. The van der Waals surface area contributed by atoms with E-state index in [9.17, 15) is 19.5 Å². The molecule has 1 heterocycles. The molecule has 0 aliphatic carbocycles. The molecule has 1 aromatic rings. The van der Waals surface area contributed by atoms with Gasteiger partial charge in [0.15, 0.2) is 5.78 Å². The molecular formula is C18H21NO6. The molecule has 7 nitrogen and oxygen atoms in total. The summed E-state index contributed by atoms with van der Waals surface area (Å²) in [5, 5.41) is 10.2. The van der Waals surface area contributed by atoms with Gasteiger partial charge in [0.05, 0.1) is 12.7 Å².